The van der Waals surface area contributed by atoms with Crippen LogP contribution in [0.3, 0.4) is 0 Å². The molecule has 0 aliphatic carbocycles. The largest absolute Gasteiger partial charge is 0.454 e. The fourth-order valence-electron chi connectivity index (χ4n) is 3.06. The van der Waals surface area contributed by atoms with Crippen molar-refractivity contribution in [1.29, 1.82) is 0 Å². The molecule has 4 rings (SSSR count). The highest BCUT2D eigenvalue weighted by atomic mass is 32.2. The topological polar surface area (TPSA) is 59.1 Å². The summed E-state index contributed by atoms with van der Waals surface area (Å²) >= 11 is 0. The first-order chi connectivity index (χ1) is 12.1. The van der Waals surface area contributed by atoms with Crippen molar-refractivity contribution in [1.82, 2.24) is 4.31 Å². The van der Waals surface area contributed by atoms with E-state index in [0.717, 1.165) is 0 Å². The van der Waals surface area contributed by atoms with Crippen molar-refractivity contribution in [3.05, 3.63) is 48.3 Å². The molecule has 0 aromatic heterocycles. The molecule has 0 saturated carbocycles. The van der Waals surface area contributed by atoms with E-state index in [-0.39, 0.29) is 17.5 Å². The van der Waals surface area contributed by atoms with Gasteiger partial charge in [0.1, 0.15) is 5.82 Å². The van der Waals surface area contributed by atoms with Crippen LogP contribution < -0.4 is 14.4 Å². The summed E-state index contributed by atoms with van der Waals surface area (Å²) < 4.78 is 51.5. The van der Waals surface area contributed by atoms with Gasteiger partial charge in [-0.2, -0.15) is 4.31 Å². The van der Waals surface area contributed by atoms with Gasteiger partial charge in [-0.25, -0.2) is 12.8 Å². The third-order valence-corrected chi connectivity index (χ3v) is 6.31. The van der Waals surface area contributed by atoms with E-state index in [1.807, 2.05) is 4.90 Å². The third kappa shape index (κ3) is 2.91. The quantitative estimate of drug-likeness (QED) is 0.835. The zero-order chi connectivity index (χ0) is 17.4. The van der Waals surface area contributed by atoms with Crippen LogP contribution in [0.4, 0.5) is 10.1 Å². The Balaban J connectivity index is 1.51. The number of hydrogen-bond donors (Lipinski definition) is 0. The number of sulfonamides is 1. The average molecular weight is 364 g/mol. The number of fused-ring (bicyclic) bond motifs is 1. The van der Waals surface area contributed by atoms with Gasteiger partial charge in [-0.3, -0.25) is 0 Å². The van der Waals surface area contributed by atoms with Crippen molar-refractivity contribution >= 4 is 15.7 Å². The van der Waals surface area contributed by atoms with Crippen LogP contribution in [0.25, 0.3) is 0 Å². The molecule has 8 heteroatoms. The SMILES string of the molecule is O=S(=O)(c1ccc2c(c1)OCO2)N1CCN(c2ccccc2F)CC1. The van der Waals surface area contributed by atoms with Crippen molar-refractivity contribution in [2.75, 3.05) is 37.9 Å². The van der Waals surface area contributed by atoms with Gasteiger partial charge in [0.2, 0.25) is 16.8 Å². The number of anilines is 1. The molecule has 2 aliphatic rings. The summed E-state index contributed by atoms with van der Waals surface area (Å²) in [4.78, 5) is 2.04. The Morgan fingerprint density at radius 2 is 1.64 bits per heavy atom. The van der Waals surface area contributed by atoms with Crippen LogP contribution in [0, 0.1) is 5.82 Å². The van der Waals surface area contributed by atoms with Crippen LogP contribution in [0.1, 0.15) is 0 Å². The number of nitrogens with zero attached hydrogens (tertiary/aromatic N) is 2. The number of rotatable bonds is 3. The van der Waals surface area contributed by atoms with Gasteiger partial charge >= 0.3 is 0 Å². The van der Waals surface area contributed by atoms with E-state index in [4.69, 9.17) is 9.47 Å². The molecule has 2 aliphatic heterocycles. The number of piperazine rings is 1. The monoisotopic (exact) mass is 364 g/mol. The molecular weight excluding hydrogens is 347 g/mol. The van der Waals surface area contributed by atoms with E-state index in [0.29, 0.717) is 43.4 Å². The molecule has 6 nitrogen and oxygen atoms in total. The third-order valence-electron chi connectivity index (χ3n) is 4.41. The molecule has 25 heavy (non-hydrogen) atoms. The fourth-order valence-corrected chi connectivity index (χ4v) is 4.50. The molecule has 0 atom stereocenters. The highest BCUT2D eigenvalue weighted by molar-refractivity contribution is 7.89. The molecule has 2 aromatic rings. The zero-order valence-electron chi connectivity index (χ0n) is 13.4. The van der Waals surface area contributed by atoms with E-state index in [1.54, 1.807) is 24.3 Å². The van der Waals surface area contributed by atoms with Crippen LogP contribution in [-0.4, -0.2) is 45.7 Å². The summed E-state index contributed by atoms with van der Waals surface area (Å²) in [7, 11) is -3.62. The summed E-state index contributed by atoms with van der Waals surface area (Å²) in [6.07, 6.45) is 0. The predicted molar refractivity (Wildman–Crippen MR) is 89.9 cm³/mol. The van der Waals surface area contributed by atoms with Crippen molar-refractivity contribution in [3.63, 3.8) is 0 Å². The van der Waals surface area contributed by atoms with Crippen molar-refractivity contribution in [2.24, 2.45) is 0 Å². The first-order valence-corrected chi connectivity index (χ1v) is 9.39. The van der Waals surface area contributed by atoms with E-state index >= 15 is 0 Å². The van der Waals surface area contributed by atoms with E-state index in [2.05, 4.69) is 0 Å². The molecule has 0 spiro atoms. The van der Waals surface area contributed by atoms with Gasteiger partial charge in [0.25, 0.3) is 0 Å². The van der Waals surface area contributed by atoms with E-state index in [1.165, 1.54) is 22.5 Å². The normalized spacial score (nSPS) is 17.7. The Labute approximate surface area is 145 Å². The maximum Gasteiger partial charge on any atom is 0.243 e. The highest BCUT2D eigenvalue weighted by Crippen LogP contribution is 2.35. The smallest absolute Gasteiger partial charge is 0.243 e. The summed E-state index contributed by atoms with van der Waals surface area (Å²) in [6.45, 7) is 1.56. The molecule has 0 N–H and O–H groups in total. The molecule has 2 heterocycles. The van der Waals surface area contributed by atoms with Crippen LogP contribution >= 0.6 is 0 Å². The Morgan fingerprint density at radius 1 is 0.920 bits per heavy atom. The van der Waals surface area contributed by atoms with Gasteiger partial charge < -0.3 is 14.4 Å². The minimum Gasteiger partial charge on any atom is -0.454 e. The summed E-state index contributed by atoms with van der Waals surface area (Å²) in [5.41, 5.74) is 0.502. The first kappa shape index (κ1) is 16.2. The Kier molecular flexibility index (Phi) is 4.01. The second kappa shape index (κ2) is 6.20. The number of ether oxygens (including phenoxy) is 2. The standard InChI is InChI=1S/C17H17FN2O4S/c18-14-3-1-2-4-15(14)19-7-9-20(10-8-19)25(21,22)13-5-6-16-17(11-13)24-12-23-16/h1-6,11H,7-10,12H2. The predicted octanol–water partition coefficient (Wildman–Crippen LogP) is 2.07. The molecule has 0 bridgehead atoms. The Hall–Kier alpha value is -2.32. The molecular formula is C17H17FN2O4S. The highest BCUT2D eigenvalue weighted by Gasteiger charge is 2.30. The molecule has 1 saturated heterocycles. The average Bonchev–Trinajstić information content (AvgIpc) is 3.10. The van der Waals surface area contributed by atoms with Crippen molar-refractivity contribution < 1.29 is 22.3 Å². The van der Waals surface area contributed by atoms with Crippen LogP contribution in [-0.2, 0) is 10.0 Å². The van der Waals surface area contributed by atoms with Crippen LogP contribution in [0.2, 0.25) is 0 Å². The van der Waals surface area contributed by atoms with Crippen molar-refractivity contribution in [2.45, 2.75) is 4.90 Å². The number of para-hydroxylation sites is 1. The van der Waals surface area contributed by atoms with Gasteiger partial charge in [0.15, 0.2) is 11.5 Å². The molecule has 2 aromatic carbocycles. The second-order valence-corrected chi connectivity index (χ2v) is 7.80. The summed E-state index contributed by atoms with van der Waals surface area (Å²) in [5, 5.41) is 0. The van der Waals surface area contributed by atoms with Crippen LogP contribution in [0.5, 0.6) is 11.5 Å². The molecule has 132 valence electrons. The maximum atomic E-state index is 13.9. The zero-order valence-corrected chi connectivity index (χ0v) is 14.2. The lowest BCUT2D eigenvalue weighted by Crippen LogP contribution is -2.48. The van der Waals surface area contributed by atoms with Gasteiger partial charge in [0, 0.05) is 32.2 Å². The maximum absolute atomic E-state index is 13.9. The number of hydrogen-bond acceptors (Lipinski definition) is 5. The van der Waals surface area contributed by atoms with Crippen LogP contribution in [0.15, 0.2) is 47.4 Å². The van der Waals surface area contributed by atoms with Gasteiger partial charge in [-0.15, -0.1) is 0 Å². The van der Waals surface area contributed by atoms with Gasteiger partial charge in [-0.05, 0) is 24.3 Å². The molecule has 0 amide bonds. The van der Waals surface area contributed by atoms with Crippen molar-refractivity contribution in [3.8, 4) is 11.5 Å². The fraction of sp³-hybridized carbons (Fsp3) is 0.294. The van der Waals surface area contributed by atoms with Gasteiger partial charge in [0.05, 0.1) is 10.6 Å². The molecule has 0 radical (unpaired) electrons. The summed E-state index contributed by atoms with van der Waals surface area (Å²) in [5.74, 6) is 0.684. The minimum atomic E-state index is -3.62. The number of benzene rings is 2. The minimum absolute atomic E-state index is 0.0974. The summed E-state index contributed by atoms with van der Waals surface area (Å²) in [6, 6.07) is 11.1. The van der Waals surface area contributed by atoms with E-state index in [9.17, 15) is 12.8 Å². The lowest BCUT2D eigenvalue weighted by Gasteiger charge is -2.35. The lowest BCUT2D eigenvalue weighted by molar-refractivity contribution is 0.174. The Morgan fingerprint density at radius 3 is 2.40 bits per heavy atom. The first-order valence-electron chi connectivity index (χ1n) is 7.95. The molecule has 1 fully saturated rings. The second-order valence-electron chi connectivity index (χ2n) is 5.86. The molecule has 0 unspecified atom stereocenters. The number of halogens is 1. The lowest BCUT2D eigenvalue weighted by atomic mass is 10.2. The van der Waals surface area contributed by atoms with E-state index < -0.39 is 10.0 Å². The van der Waals surface area contributed by atoms with Gasteiger partial charge in [-0.1, -0.05) is 12.1 Å². The Bertz CT molecular complexity index is 895.